The number of amides is 1. The van der Waals surface area contributed by atoms with Crippen LogP contribution in [-0.2, 0) is 10.7 Å². The molecule has 0 spiro atoms. The van der Waals surface area contributed by atoms with Gasteiger partial charge in [-0.1, -0.05) is 24.3 Å². The molecule has 4 nitrogen and oxygen atoms in total. The minimum absolute atomic E-state index is 0.236. The van der Waals surface area contributed by atoms with Gasteiger partial charge in [0.05, 0.1) is 5.56 Å². The Morgan fingerprint density at radius 3 is 2.38 bits per heavy atom. The molecule has 0 fully saturated rings. The van der Waals surface area contributed by atoms with Crippen LogP contribution in [0.1, 0.15) is 22.8 Å². The minimum Gasteiger partial charge on any atom is -0.426 e. The van der Waals surface area contributed by atoms with Gasteiger partial charge in [0.25, 0.3) is 5.91 Å². The van der Waals surface area contributed by atoms with Crippen molar-refractivity contribution in [1.82, 2.24) is 0 Å². The van der Waals surface area contributed by atoms with Crippen molar-refractivity contribution < 1.29 is 14.3 Å². The standard InChI is InChI=1S/C16H14ClNO3/c1-11(19)21-15-5-3-2-4-14(15)16(20)18-13-8-6-12(10-17)7-9-13/h2-9H,10H2,1H3,(H,18,20). The van der Waals surface area contributed by atoms with E-state index in [1.54, 1.807) is 36.4 Å². The maximum atomic E-state index is 12.2. The van der Waals surface area contributed by atoms with E-state index < -0.39 is 5.97 Å². The molecule has 0 atom stereocenters. The monoisotopic (exact) mass is 303 g/mol. The van der Waals surface area contributed by atoms with Crippen LogP contribution in [0.3, 0.4) is 0 Å². The van der Waals surface area contributed by atoms with Crippen LogP contribution in [0.15, 0.2) is 48.5 Å². The number of carbonyl (C=O) groups excluding carboxylic acids is 2. The van der Waals surface area contributed by atoms with Gasteiger partial charge in [0.2, 0.25) is 0 Å². The summed E-state index contributed by atoms with van der Waals surface area (Å²) in [5.41, 5.74) is 1.91. The van der Waals surface area contributed by atoms with Crippen molar-refractivity contribution in [3.8, 4) is 5.75 Å². The second-order valence-electron chi connectivity index (χ2n) is 4.37. The third-order valence-electron chi connectivity index (χ3n) is 2.75. The number of hydrogen-bond donors (Lipinski definition) is 1. The molecule has 0 aromatic heterocycles. The van der Waals surface area contributed by atoms with Crippen LogP contribution >= 0.6 is 11.6 Å². The number of benzene rings is 2. The third-order valence-corrected chi connectivity index (χ3v) is 3.06. The smallest absolute Gasteiger partial charge is 0.308 e. The number of rotatable bonds is 4. The van der Waals surface area contributed by atoms with Crippen LogP contribution in [0.25, 0.3) is 0 Å². The molecule has 0 unspecified atom stereocenters. The fraction of sp³-hybridized carbons (Fsp3) is 0.125. The highest BCUT2D eigenvalue weighted by Crippen LogP contribution is 2.20. The van der Waals surface area contributed by atoms with Gasteiger partial charge in [-0.25, -0.2) is 0 Å². The van der Waals surface area contributed by atoms with Crippen LogP contribution in [0.5, 0.6) is 5.75 Å². The number of nitrogens with one attached hydrogen (secondary N) is 1. The van der Waals surface area contributed by atoms with E-state index in [0.29, 0.717) is 17.1 Å². The molecule has 1 amide bonds. The molecular formula is C16H14ClNO3. The van der Waals surface area contributed by atoms with Crippen molar-refractivity contribution in [3.05, 3.63) is 59.7 Å². The third kappa shape index (κ3) is 4.07. The van der Waals surface area contributed by atoms with Crippen molar-refractivity contribution in [2.24, 2.45) is 0 Å². The van der Waals surface area contributed by atoms with Crippen LogP contribution in [0.2, 0.25) is 0 Å². The fourth-order valence-electron chi connectivity index (χ4n) is 1.77. The number of alkyl halides is 1. The van der Waals surface area contributed by atoms with E-state index in [4.69, 9.17) is 16.3 Å². The molecule has 2 aromatic rings. The van der Waals surface area contributed by atoms with E-state index in [-0.39, 0.29) is 11.7 Å². The largest absolute Gasteiger partial charge is 0.426 e. The zero-order valence-electron chi connectivity index (χ0n) is 11.4. The van der Waals surface area contributed by atoms with Crippen LogP contribution in [-0.4, -0.2) is 11.9 Å². The number of ether oxygens (including phenoxy) is 1. The predicted octanol–water partition coefficient (Wildman–Crippen LogP) is 3.60. The van der Waals surface area contributed by atoms with Gasteiger partial charge in [-0.15, -0.1) is 11.6 Å². The van der Waals surface area contributed by atoms with E-state index >= 15 is 0 Å². The lowest BCUT2D eigenvalue weighted by molar-refractivity contribution is -0.131. The molecule has 0 heterocycles. The van der Waals surface area contributed by atoms with Crippen LogP contribution < -0.4 is 10.1 Å². The molecule has 2 rings (SSSR count). The van der Waals surface area contributed by atoms with E-state index in [1.807, 2.05) is 12.1 Å². The first-order valence-electron chi connectivity index (χ1n) is 6.34. The lowest BCUT2D eigenvalue weighted by Gasteiger charge is -2.09. The maximum absolute atomic E-state index is 12.2. The van der Waals surface area contributed by atoms with Gasteiger partial charge in [-0.2, -0.15) is 0 Å². The fourth-order valence-corrected chi connectivity index (χ4v) is 1.95. The SMILES string of the molecule is CC(=O)Oc1ccccc1C(=O)Nc1ccc(CCl)cc1. The summed E-state index contributed by atoms with van der Waals surface area (Å²) in [4.78, 5) is 23.3. The Morgan fingerprint density at radius 2 is 1.76 bits per heavy atom. The number of halogens is 1. The Balaban J connectivity index is 2.17. The first kappa shape index (κ1) is 15.1. The molecule has 0 aliphatic carbocycles. The quantitative estimate of drug-likeness (QED) is 0.533. The molecule has 0 saturated heterocycles. The van der Waals surface area contributed by atoms with Gasteiger partial charge in [-0.05, 0) is 29.8 Å². The van der Waals surface area contributed by atoms with Crippen molar-refractivity contribution in [3.63, 3.8) is 0 Å². The lowest BCUT2D eigenvalue weighted by atomic mass is 10.1. The molecule has 21 heavy (non-hydrogen) atoms. The van der Waals surface area contributed by atoms with Crippen molar-refractivity contribution in [2.45, 2.75) is 12.8 Å². The highest BCUT2D eigenvalue weighted by atomic mass is 35.5. The molecule has 5 heteroatoms. The predicted molar refractivity (Wildman–Crippen MR) is 81.7 cm³/mol. The van der Waals surface area contributed by atoms with E-state index in [9.17, 15) is 9.59 Å². The summed E-state index contributed by atoms with van der Waals surface area (Å²) in [5.74, 6) is -0.157. The first-order chi connectivity index (χ1) is 10.1. The molecular weight excluding hydrogens is 290 g/mol. The number of hydrogen-bond acceptors (Lipinski definition) is 3. The minimum atomic E-state index is -0.471. The van der Waals surface area contributed by atoms with E-state index in [2.05, 4.69) is 5.32 Å². The number of carbonyl (C=O) groups is 2. The van der Waals surface area contributed by atoms with Crippen LogP contribution in [0.4, 0.5) is 5.69 Å². The molecule has 0 radical (unpaired) electrons. The van der Waals surface area contributed by atoms with Gasteiger partial charge >= 0.3 is 5.97 Å². The summed E-state index contributed by atoms with van der Waals surface area (Å²) in [5, 5.41) is 2.75. The summed E-state index contributed by atoms with van der Waals surface area (Å²) in [6.07, 6.45) is 0. The Labute approximate surface area is 127 Å². The normalized spacial score (nSPS) is 10.0. The van der Waals surface area contributed by atoms with Gasteiger partial charge in [0.1, 0.15) is 5.75 Å². The lowest BCUT2D eigenvalue weighted by Crippen LogP contribution is -2.14. The maximum Gasteiger partial charge on any atom is 0.308 e. The average Bonchev–Trinajstić information content (AvgIpc) is 2.48. The van der Waals surface area contributed by atoms with E-state index in [0.717, 1.165) is 5.56 Å². The number of anilines is 1. The molecule has 0 saturated carbocycles. The highest BCUT2D eigenvalue weighted by Gasteiger charge is 2.13. The molecule has 0 bridgehead atoms. The molecule has 2 aromatic carbocycles. The van der Waals surface area contributed by atoms with Gasteiger partial charge < -0.3 is 10.1 Å². The molecule has 108 valence electrons. The summed E-state index contributed by atoms with van der Waals surface area (Å²) in [6, 6.07) is 13.8. The zero-order chi connectivity index (χ0) is 15.2. The Bertz CT molecular complexity index is 653. The number of para-hydroxylation sites is 1. The summed E-state index contributed by atoms with van der Waals surface area (Å²) in [6.45, 7) is 1.29. The zero-order valence-corrected chi connectivity index (χ0v) is 12.2. The Morgan fingerprint density at radius 1 is 1.10 bits per heavy atom. The highest BCUT2D eigenvalue weighted by molar-refractivity contribution is 6.17. The van der Waals surface area contributed by atoms with Crippen LogP contribution in [0, 0.1) is 0 Å². The Hall–Kier alpha value is -2.33. The summed E-state index contributed by atoms with van der Waals surface area (Å²) < 4.78 is 5.02. The van der Waals surface area contributed by atoms with Crippen molar-refractivity contribution in [1.29, 1.82) is 0 Å². The topological polar surface area (TPSA) is 55.4 Å². The van der Waals surface area contributed by atoms with Gasteiger partial charge in [-0.3, -0.25) is 9.59 Å². The second kappa shape index (κ2) is 6.90. The first-order valence-corrected chi connectivity index (χ1v) is 6.87. The summed E-state index contributed by atoms with van der Waals surface area (Å²) >= 11 is 5.71. The summed E-state index contributed by atoms with van der Waals surface area (Å²) in [7, 11) is 0. The molecule has 1 N–H and O–H groups in total. The second-order valence-corrected chi connectivity index (χ2v) is 4.64. The van der Waals surface area contributed by atoms with Crippen molar-refractivity contribution >= 4 is 29.2 Å². The van der Waals surface area contributed by atoms with Gasteiger partial charge in [0.15, 0.2) is 0 Å². The number of esters is 1. The average molecular weight is 304 g/mol. The molecule has 0 aliphatic rings. The molecule has 0 aliphatic heterocycles. The Kier molecular flexibility index (Phi) is 4.95. The van der Waals surface area contributed by atoms with Gasteiger partial charge in [0, 0.05) is 18.5 Å². The van der Waals surface area contributed by atoms with E-state index in [1.165, 1.54) is 6.92 Å². The van der Waals surface area contributed by atoms with Crippen molar-refractivity contribution in [2.75, 3.05) is 5.32 Å².